The van der Waals surface area contributed by atoms with E-state index < -0.39 is 11.7 Å². The van der Waals surface area contributed by atoms with Crippen LogP contribution in [0, 0.1) is 0 Å². The van der Waals surface area contributed by atoms with Gasteiger partial charge in [0.2, 0.25) is 0 Å². The van der Waals surface area contributed by atoms with Crippen molar-refractivity contribution >= 4 is 11.0 Å². The summed E-state index contributed by atoms with van der Waals surface area (Å²) in [7, 11) is 0. The van der Waals surface area contributed by atoms with E-state index in [4.69, 9.17) is 4.42 Å². The van der Waals surface area contributed by atoms with E-state index >= 15 is 0 Å². The minimum Gasteiger partial charge on any atom is -0.472 e. The van der Waals surface area contributed by atoms with Crippen LogP contribution in [0.25, 0.3) is 33.5 Å². The van der Waals surface area contributed by atoms with Crippen molar-refractivity contribution in [2.24, 2.45) is 0 Å². The van der Waals surface area contributed by atoms with Gasteiger partial charge in [-0.15, -0.1) is 0 Å². The van der Waals surface area contributed by atoms with Gasteiger partial charge >= 0.3 is 6.18 Å². The highest BCUT2D eigenvalue weighted by atomic mass is 19.4. The second-order valence-electron chi connectivity index (χ2n) is 5.40. The van der Waals surface area contributed by atoms with E-state index in [1.165, 1.54) is 6.07 Å². The molecular formula is C18H11F3N2O. The number of aromatic amines is 1. The molecule has 0 saturated carbocycles. The first-order chi connectivity index (χ1) is 11.5. The number of fused-ring (bicyclic) bond motifs is 1. The number of nitrogens with one attached hydrogen (secondary N) is 1. The molecule has 0 unspecified atom stereocenters. The topological polar surface area (TPSA) is 41.8 Å². The van der Waals surface area contributed by atoms with Gasteiger partial charge in [-0.25, -0.2) is 4.98 Å². The standard InChI is InChI=1S/C18H11F3N2O/c19-18(20,21)14-5-6-15-16(9-14)23-17(22-15)12-3-1-11(2-4-12)13-7-8-24-10-13/h1-10H,(H,22,23). The van der Waals surface area contributed by atoms with Gasteiger partial charge in [-0.3, -0.25) is 0 Å². The zero-order valence-corrected chi connectivity index (χ0v) is 12.3. The quantitative estimate of drug-likeness (QED) is 0.527. The van der Waals surface area contributed by atoms with E-state index in [0.29, 0.717) is 16.9 Å². The predicted octanol–water partition coefficient (Wildman–Crippen LogP) is 5.51. The number of H-pyrrole nitrogens is 1. The molecule has 0 aliphatic rings. The molecule has 0 fully saturated rings. The number of alkyl halides is 3. The van der Waals surface area contributed by atoms with Crippen LogP contribution in [0.5, 0.6) is 0 Å². The minimum absolute atomic E-state index is 0.360. The van der Waals surface area contributed by atoms with Gasteiger partial charge in [-0.1, -0.05) is 24.3 Å². The molecule has 6 heteroatoms. The van der Waals surface area contributed by atoms with E-state index in [1.807, 2.05) is 30.3 Å². The van der Waals surface area contributed by atoms with Crippen LogP contribution in [0.3, 0.4) is 0 Å². The van der Waals surface area contributed by atoms with Crippen LogP contribution in [0.4, 0.5) is 13.2 Å². The first kappa shape index (κ1) is 14.6. The number of hydrogen-bond donors (Lipinski definition) is 1. The molecule has 3 nitrogen and oxygen atoms in total. The van der Waals surface area contributed by atoms with Crippen LogP contribution in [-0.2, 0) is 6.18 Å². The molecule has 2 aromatic carbocycles. The molecule has 2 aromatic heterocycles. The smallest absolute Gasteiger partial charge is 0.416 e. The molecule has 4 rings (SSSR count). The largest absolute Gasteiger partial charge is 0.472 e. The van der Waals surface area contributed by atoms with Crippen LogP contribution in [0.15, 0.2) is 65.5 Å². The lowest BCUT2D eigenvalue weighted by molar-refractivity contribution is -0.137. The highest BCUT2D eigenvalue weighted by molar-refractivity contribution is 5.80. The van der Waals surface area contributed by atoms with E-state index in [0.717, 1.165) is 28.8 Å². The van der Waals surface area contributed by atoms with Gasteiger partial charge in [0.05, 0.1) is 29.1 Å². The van der Waals surface area contributed by atoms with Gasteiger partial charge in [0.25, 0.3) is 0 Å². The number of halogens is 3. The van der Waals surface area contributed by atoms with Crippen LogP contribution in [0.1, 0.15) is 5.56 Å². The maximum atomic E-state index is 12.8. The molecule has 0 aliphatic heterocycles. The molecule has 0 spiro atoms. The van der Waals surface area contributed by atoms with Crippen molar-refractivity contribution < 1.29 is 17.6 Å². The highest BCUT2D eigenvalue weighted by Crippen LogP contribution is 2.32. The number of hydrogen-bond acceptors (Lipinski definition) is 2. The Bertz CT molecular complexity index is 983. The SMILES string of the molecule is FC(F)(F)c1ccc2nc(-c3ccc(-c4ccoc4)cc3)[nH]c2c1. The van der Waals surface area contributed by atoms with Crippen molar-refractivity contribution in [3.8, 4) is 22.5 Å². The second-order valence-corrected chi connectivity index (χ2v) is 5.40. The molecule has 24 heavy (non-hydrogen) atoms. The lowest BCUT2D eigenvalue weighted by Gasteiger charge is -2.05. The third-order valence-corrected chi connectivity index (χ3v) is 3.82. The summed E-state index contributed by atoms with van der Waals surface area (Å²) in [6.45, 7) is 0. The summed E-state index contributed by atoms with van der Waals surface area (Å²) in [6, 6.07) is 12.9. The molecule has 0 radical (unpaired) electrons. The molecule has 0 atom stereocenters. The van der Waals surface area contributed by atoms with Crippen molar-refractivity contribution in [1.82, 2.24) is 9.97 Å². The van der Waals surface area contributed by atoms with Gasteiger partial charge in [-0.05, 0) is 29.8 Å². The Kier molecular flexibility index (Phi) is 3.19. The summed E-state index contributed by atoms with van der Waals surface area (Å²) in [5.41, 5.74) is 2.91. The molecule has 1 N–H and O–H groups in total. The predicted molar refractivity (Wildman–Crippen MR) is 84.2 cm³/mol. The summed E-state index contributed by atoms with van der Waals surface area (Å²) in [4.78, 5) is 7.31. The number of furan rings is 1. The minimum atomic E-state index is -4.37. The van der Waals surface area contributed by atoms with Crippen LogP contribution >= 0.6 is 0 Å². The molecule has 0 amide bonds. The Morgan fingerprint density at radius 1 is 0.875 bits per heavy atom. The molecule has 120 valence electrons. The van der Waals surface area contributed by atoms with Crippen molar-refractivity contribution in [1.29, 1.82) is 0 Å². The van der Waals surface area contributed by atoms with E-state index in [1.54, 1.807) is 12.5 Å². The molecular weight excluding hydrogens is 317 g/mol. The Morgan fingerprint density at radius 2 is 1.62 bits per heavy atom. The van der Waals surface area contributed by atoms with Gasteiger partial charge in [0.15, 0.2) is 0 Å². The Labute approximate surface area is 134 Å². The van der Waals surface area contributed by atoms with Gasteiger partial charge < -0.3 is 9.40 Å². The maximum absolute atomic E-state index is 12.8. The summed E-state index contributed by atoms with van der Waals surface area (Å²) in [5, 5.41) is 0. The van der Waals surface area contributed by atoms with Crippen LogP contribution in [0.2, 0.25) is 0 Å². The number of aromatic nitrogens is 2. The summed E-state index contributed by atoms with van der Waals surface area (Å²) >= 11 is 0. The first-order valence-corrected chi connectivity index (χ1v) is 7.21. The third kappa shape index (κ3) is 2.56. The lowest BCUT2D eigenvalue weighted by atomic mass is 10.1. The van der Waals surface area contributed by atoms with Gasteiger partial charge in [0, 0.05) is 11.1 Å². The van der Waals surface area contributed by atoms with Crippen LogP contribution in [-0.4, -0.2) is 9.97 Å². The molecule has 0 bridgehead atoms. The molecule has 4 aromatic rings. The average Bonchev–Trinajstić information content (AvgIpc) is 3.23. The zero-order chi connectivity index (χ0) is 16.7. The zero-order valence-electron chi connectivity index (χ0n) is 12.3. The maximum Gasteiger partial charge on any atom is 0.416 e. The Balaban J connectivity index is 1.71. The van der Waals surface area contributed by atoms with Crippen molar-refractivity contribution in [2.45, 2.75) is 6.18 Å². The average molecular weight is 328 g/mol. The van der Waals surface area contributed by atoms with Crippen molar-refractivity contribution in [3.63, 3.8) is 0 Å². The van der Waals surface area contributed by atoms with E-state index in [2.05, 4.69) is 9.97 Å². The number of imidazole rings is 1. The van der Waals surface area contributed by atoms with E-state index in [-0.39, 0.29) is 0 Å². The fourth-order valence-corrected chi connectivity index (χ4v) is 2.57. The molecule has 0 aliphatic carbocycles. The van der Waals surface area contributed by atoms with Crippen LogP contribution < -0.4 is 0 Å². The van der Waals surface area contributed by atoms with Gasteiger partial charge in [-0.2, -0.15) is 13.2 Å². The Morgan fingerprint density at radius 3 is 2.29 bits per heavy atom. The normalized spacial score (nSPS) is 12.0. The summed E-state index contributed by atoms with van der Waals surface area (Å²) in [6.07, 6.45) is -1.12. The third-order valence-electron chi connectivity index (χ3n) is 3.82. The van der Waals surface area contributed by atoms with Gasteiger partial charge in [0.1, 0.15) is 5.82 Å². The first-order valence-electron chi connectivity index (χ1n) is 7.21. The summed E-state index contributed by atoms with van der Waals surface area (Å²) in [5.74, 6) is 0.531. The molecule has 2 heterocycles. The lowest BCUT2D eigenvalue weighted by Crippen LogP contribution is -2.04. The monoisotopic (exact) mass is 328 g/mol. The second kappa shape index (κ2) is 5.26. The summed E-state index contributed by atoms with van der Waals surface area (Å²) < 4.78 is 43.4. The van der Waals surface area contributed by atoms with Crippen molar-refractivity contribution in [2.75, 3.05) is 0 Å². The van der Waals surface area contributed by atoms with Crippen molar-refractivity contribution in [3.05, 3.63) is 66.6 Å². The Hall–Kier alpha value is -3.02. The number of nitrogens with zero attached hydrogens (tertiary/aromatic N) is 1. The highest BCUT2D eigenvalue weighted by Gasteiger charge is 2.30. The number of benzene rings is 2. The number of rotatable bonds is 2. The molecule has 0 saturated heterocycles. The van der Waals surface area contributed by atoms with E-state index in [9.17, 15) is 13.2 Å². The fraction of sp³-hybridized carbons (Fsp3) is 0.0556. The fourth-order valence-electron chi connectivity index (χ4n) is 2.57.